The van der Waals surface area contributed by atoms with Crippen LogP contribution in [0, 0.1) is 0 Å². The Morgan fingerprint density at radius 2 is 1.74 bits per heavy atom. The van der Waals surface area contributed by atoms with Gasteiger partial charge in [-0.1, -0.05) is 37.6 Å². The fourth-order valence-electron chi connectivity index (χ4n) is 2.10. The molecular formula is C15H17NO2S. The van der Waals surface area contributed by atoms with E-state index in [1.807, 2.05) is 6.26 Å². The fourth-order valence-corrected chi connectivity index (χ4v) is 2.76. The van der Waals surface area contributed by atoms with Crippen LogP contribution in [-0.4, -0.2) is 24.4 Å². The zero-order valence-corrected chi connectivity index (χ0v) is 12.0. The summed E-state index contributed by atoms with van der Waals surface area (Å²) < 4.78 is 0. The zero-order valence-electron chi connectivity index (χ0n) is 11.2. The van der Waals surface area contributed by atoms with E-state index in [9.17, 15) is 9.59 Å². The lowest BCUT2D eigenvalue weighted by molar-refractivity contribution is 0.0975. The van der Waals surface area contributed by atoms with Gasteiger partial charge in [0.25, 0.3) is 0 Å². The molecule has 0 saturated carbocycles. The molecule has 0 aliphatic heterocycles. The minimum atomic E-state index is -0.0735. The van der Waals surface area contributed by atoms with Crippen molar-refractivity contribution < 1.29 is 9.59 Å². The summed E-state index contributed by atoms with van der Waals surface area (Å²) in [6, 6.07) is 7.01. The van der Waals surface area contributed by atoms with E-state index in [2.05, 4.69) is 12.2 Å². The van der Waals surface area contributed by atoms with E-state index in [-0.39, 0.29) is 11.6 Å². The van der Waals surface area contributed by atoms with Crippen molar-refractivity contribution in [1.29, 1.82) is 0 Å². The van der Waals surface area contributed by atoms with Crippen molar-refractivity contribution in [2.45, 2.75) is 19.8 Å². The van der Waals surface area contributed by atoms with Crippen molar-refractivity contribution in [1.82, 2.24) is 5.32 Å². The normalized spacial score (nSPS) is 14.6. The molecule has 19 heavy (non-hydrogen) atoms. The predicted molar refractivity (Wildman–Crippen MR) is 78.6 cm³/mol. The molecule has 1 aromatic rings. The van der Waals surface area contributed by atoms with Crippen LogP contribution >= 0.6 is 11.8 Å². The van der Waals surface area contributed by atoms with E-state index >= 15 is 0 Å². The number of carbonyl (C=O) groups excluding carboxylic acids is 2. The topological polar surface area (TPSA) is 46.2 Å². The van der Waals surface area contributed by atoms with Crippen molar-refractivity contribution in [2.24, 2.45) is 0 Å². The second-order valence-corrected chi connectivity index (χ2v) is 5.21. The predicted octanol–water partition coefficient (Wildman–Crippen LogP) is 3.03. The van der Waals surface area contributed by atoms with Crippen LogP contribution in [0.25, 0.3) is 0 Å². The van der Waals surface area contributed by atoms with E-state index in [0.29, 0.717) is 21.7 Å². The highest BCUT2D eigenvalue weighted by Crippen LogP contribution is 2.30. The van der Waals surface area contributed by atoms with Crippen LogP contribution in [0.2, 0.25) is 0 Å². The molecule has 0 bridgehead atoms. The van der Waals surface area contributed by atoms with Gasteiger partial charge in [-0.25, -0.2) is 0 Å². The maximum Gasteiger partial charge on any atom is 0.210 e. The molecule has 0 fully saturated rings. The van der Waals surface area contributed by atoms with Crippen LogP contribution in [0.15, 0.2) is 34.9 Å². The Kier molecular flexibility index (Phi) is 4.43. The Morgan fingerprint density at radius 3 is 2.32 bits per heavy atom. The van der Waals surface area contributed by atoms with Gasteiger partial charge in [0.05, 0.1) is 4.91 Å². The number of fused-ring (bicyclic) bond motifs is 1. The highest BCUT2D eigenvalue weighted by Gasteiger charge is 2.31. The first-order chi connectivity index (χ1) is 9.20. The lowest BCUT2D eigenvalue weighted by Gasteiger charge is -2.20. The van der Waals surface area contributed by atoms with Gasteiger partial charge < -0.3 is 5.32 Å². The summed E-state index contributed by atoms with van der Waals surface area (Å²) in [6.07, 6.45) is 3.86. The molecule has 4 heteroatoms. The van der Waals surface area contributed by atoms with Crippen molar-refractivity contribution >= 4 is 23.3 Å². The largest absolute Gasteiger partial charge is 0.381 e. The second-order valence-electron chi connectivity index (χ2n) is 4.39. The molecule has 0 unspecified atom stereocenters. The number of rotatable bonds is 5. The van der Waals surface area contributed by atoms with Gasteiger partial charge in [0.1, 0.15) is 5.70 Å². The van der Waals surface area contributed by atoms with Gasteiger partial charge in [-0.15, -0.1) is 11.8 Å². The van der Waals surface area contributed by atoms with Gasteiger partial charge in [0.2, 0.25) is 11.6 Å². The molecule has 1 N–H and O–H groups in total. The number of Topliss-reactive ketones (excluding diaryl/α,β-unsaturated/α-hetero) is 2. The standard InChI is InChI=1S/C15H17NO2S/c1-3-4-9-16-12-13(17)10-7-5-6-8-11(10)14(18)15(12)19-2/h5-8,16H,3-4,9H2,1-2H3. The molecule has 1 aliphatic rings. The molecule has 0 atom stereocenters. The third-order valence-corrected chi connectivity index (χ3v) is 3.91. The summed E-state index contributed by atoms with van der Waals surface area (Å²) in [5.74, 6) is -0.127. The number of carbonyl (C=O) groups is 2. The highest BCUT2D eigenvalue weighted by atomic mass is 32.2. The molecule has 0 heterocycles. The van der Waals surface area contributed by atoms with Gasteiger partial charge in [-0.3, -0.25) is 9.59 Å². The van der Waals surface area contributed by atoms with E-state index in [1.165, 1.54) is 11.8 Å². The number of allylic oxidation sites excluding steroid dienone is 2. The first-order valence-corrected chi connectivity index (χ1v) is 7.63. The van der Waals surface area contributed by atoms with Crippen molar-refractivity contribution in [2.75, 3.05) is 12.8 Å². The van der Waals surface area contributed by atoms with Crippen LogP contribution in [0.1, 0.15) is 40.5 Å². The molecule has 0 amide bonds. The molecule has 1 aromatic carbocycles. The Labute approximate surface area is 117 Å². The summed E-state index contributed by atoms with van der Waals surface area (Å²) in [4.78, 5) is 25.3. The maximum atomic E-state index is 12.4. The van der Waals surface area contributed by atoms with Crippen LogP contribution in [0.4, 0.5) is 0 Å². The Morgan fingerprint density at radius 1 is 1.11 bits per heavy atom. The Balaban J connectivity index is 2.39. The number of ketones is 2. The molecule has 100 valence electrons. The van der Waals surface area contributed by atoms with Crippen molar-refractivity contribution in [3.63, 3.8) is 0 Å². The molecule has 0 radical (unpaired) electrons. The number of benzene rings is 1. The molecule has 0 spiro atoms. The molecule has 0 saturated heterocycles. The third-order valence-electron chi connectivity index (χ3n) is 3.11. The number of hydrogen-bond donors (Lipinski definition) is 1. The van der Waals surface area contributed by atoms with Crippen LogP contribution in [0.3, 0.4) is 0 Å². The van der Waals surface area contributed by atoms with Gasteiger partial charge >= 0.3 is 0 Å². The zero-order chi connectivity index (χ0) is 13.8. The molecular weight excluding hydrogens is 258 g/mol. The smallest absolute Gasteiger partial charge is 0.210 e. The minimum Gasteiger partial charge on any atom is -0.381 e. The van der Waals surface area contributed by atoms with Gasteiger partial charge in [-0.2, -0.15) is 0 Å². The Hall–Kier alpha value is -1.55. The lowest BCUT2D eigenvalue weighted by atomic mass is 9.92. The summed E-state index contributed by atoms with van der Waals surface area (Å²) in [5, 5.41) is 3.13. The maximum absolute atomic E-state index is 12.4. The fraction of sp³-hybridized carbons (Fsp3) is 0.333. The first-order valence-electron chi connectivity index (χ1n) is 6.41. The van der Waals surface area contributed by atoms with Crippen molar-refractivity contribution in [3.05, 3.63) is 46.0 Å². The van der Waals surface area contributed by atoms with Crippen LogP contribution < -0.4 is 5.32 Å². The minimum absolute atomic E-state index is 0.0540. The van der Waals surface area contributed by atoms with Crippen LogP contribution in [0.5, 0.6) is 0 Å². The van der Waals surface area contributed by atoms with Gasteiger partial charge in [0, 0.05) is 17.7 Å². The SMILES string of the molecule is CCCCNC1=C(SC)C(=O)c2ccccc2C1=O. The quantitative estimate of drug-likeness (QED) is 0.839. The lowest BCUT2D eigenvalue weighted by Crippen LogP contribution is -2.30. The van der Waals surface area contributed by atoms with Gasteiger partial charge in [0.15, 0.2) is 0 Å². The average molecular weight is 275 g/mol. The van der Waals surface area contributed by atoms with Crippen LogP contribution in [-0.2, 0) is 0 Å². The summed E-state index contributed by atoms with van der Waals surface area (Å²) in [5.41, 5.74) is 1.48. The Bertz CT molecular complexity index is 549. The van der Waals surface area contributed by atoms with E-state index < -0.39 is 0 Å². The average Bonchev–Trinajstić information content (AvgIpc) is 2.44. The molecule has 2 rings (SSSR count). The highest BCUT2D eigenvalue weighted by molar-refractivity contribution is 8.03. The van der Waals surface area contributed by atoms with E-state index in [0.717, 1.165) is 19.4 Å². The molecule has 0 aromatic heterocycles. The molecule has 1 aliphatic carbocycles. The molecule has 3 nitrogen and oxygen atoms in total. The number of unbranched alkanes of at least 4 members (excludes halogenated alkanes) is 1. The van der Waals surface area contributed by atoms with E-state index in [4.69, 9.17) is 0 Å². The first kappa shape index (κ1) is 13.9. The number of hydrogen-bond acceptors (Lipinski definition) is 4. The third kappa shape index (κ3) is 2.59. The number of thioether (sulfide) groups is 1. The summed E-state index contributed by atoms with van der Waals surface area (Å²) >= 11 is 1.33. The number of nitrogens with one attached hydrogen (secondary N) is 1. The van der Waals surface area contributed by atoms with Crippen molar-refractivity contribution in [3.8, 4) is 0 Å². The summed E-state index contributed by atoms with van der Waals surface area (Å²) in [7, 11) is 0. The second kappa shape index (κ2) is 6.06. The van der Waals surface area contributed by atoms with E-state index in [1.54, 1.807) is 24.3 Å². The van der Waals surface area contributed by atoms with Gasteiger partial charge in [-0.05, 0) is 12.7 Å². The summed E-state index contributed by atoms with van der Waals surface area (Å²) in [6.45, 7) is 2.81. The monoisotopic (exact) mass is 275 g/mol.